The maximum Gasteiger partial charge on any atom is 0.201 e. The lowest BCUT2D eigenvalue weighted by molar-refractivity contribution is 0.112. The Morgan fingerprint density at radius 2 is 2.08 bits per heavy atom. The molecule has 3 saturated carbocycles. The first-order valence-corrected chi connectivity index (χ1v) is 8.74. The second-order valence-electron chi connectivity index (χ2n) is 7.17. The fraction of sp³-hybridized carbons (Fsp3) is 0.526. The molecule has 0 atom stereocenters. The van der Waals surface area contributed by atoms with Crippen LogP contribution < -0.4 is 10.5 Å². The van der Waals surface area contributed by atoms with Gasteiger partial charge in [0.15, 0.2) is 5.58 Å². The lowest BCUT2D eigenvalue weighted by Gasteiger charge is -2.44. The highest BCUT2D eigenvalue weighted by atomic mass is 19.1. The topological polar surface area (TPSA) is 61.3 Å². The Morgan fingerprint density at radius 3 is 2.75 bits per heavy atom. The first-order valence-electron chi connectivity index (χ1n) is 8.74. The second-order valence-corrected chi connectivity index (χ2v) is 7.17. The van der Waals surface area contributed by atoms with Crippen LogP contribution in [0.25, 0.3) is 11.1 Å². The van der Waals surface area contributed by atoms with Gasteiger partial charge in [-0.05, 0) is 56.6 Å². The Kier molecular flexibility index (Phi) is 4.04. The molecule has 0 aliphatic heterocycles. The predicted octanol–water partition coefficient (Wildman–Crippen LogP) is 4.24. The number of nitrogens with zero attached hydrogens (tertiary/aromatic N) is 1. The Balaban J connectivity index is 1.57. The first kappa shape index (κ1) is 15.6. The van der Waals surface area contributed by atoms with Crippen molar-refractivity contribution in [3.05, 3.63) is 36.0 Å². The zero-order valence-electron chi connectivity index (χ0n) is 13.8. The Morgan fingerprint density at radius 1 is 1.33 bits per heavy atom. The molecule has 0 saturated heterocycles. The summed E-state index contributed by atoms with van der Waals surface area (Å²) in [6.45, 7) is 0.291. The molecule has 0 radical (unpaired) electrons. The first-order chi connectivity index (χ1) is 11.7. The monoisotopic (exact) mass is 330 g/mol. The van der Waals surface area contributed by atoms with E-state index in [0.717, 1.165) is 22.9 Å². The van der Waals surface area contributed by atoms with Crippen molar-refractivity contribution in [3.8, 4) is 5.75 Å². The van der Waals surface area contributed by atoms with Crippen LogP contribution in [-0.4, -0.2) is 18.1 Å². The average molecular weight is 330 g/mol. The number of halogens is 1. The van der Waals surface area contributed by atoms with Gasteiger partial charge in [0.25, 0.3) is 0 Å². The van der Waals surface area contributed by atoms with E-state index in [2.05, 4.69) is 0 Å². The minimum Gasteiger partial charge on any atom is -0.489 e. The molecule has 2 N–H and O–H groups in total. The minimum absolute atomic E-state index is 0.137. The molecule has 2 bridgehead atoms. The summed E-state index contributed by atoms with van der Waals surface area (Å²) in [5, 5.41) is 0. The highest BCUT2D eigenvalue weighted by molar-refractivity contribution is 5.74. The quantitative estimate of drug-likeness (QED) is 0.890. The number of ether oxygens (including phenoxy) is 1. The normalized spacial score (nSPS) is 26.9. The Bertz CT molecular complexity index is 746. The van der Waals surface area contributed by atoms with Gasteiger partial charge in [-0.2, -0.15) is 0 Å². The summed E-state index contributed by atoms with van der Waals surface area (Å²) in [4.78, 5) is 4.76. The zero-order valence-corrected chi connectivity index (χ0v) is 13.8. The molecule has 5 heteroatoms. The van der Waals surface area contributed by atoms with Crippen molar-refractivity contribution in [2.24, 2.45) is 11.7 Å². The highest BCUT2D eigenvalue weighted by Gasteiger charge is 2.45. The van der Waals surface area contributed by atoms with Crippen LogP contribution in [0.15, 0.2) is 34.5 Å². The van der Waals surface area contributed by atoms with E-state index < -0.39 is 0 Å². The maximum absolute atomic E-state index is 12.6. The summed E-state index contributed by atoms with van der Waals surface area (Å²) in [5.41, 5.74) is 7.60. The predicted molar refractivity (Wildman–Crippen MR) is 90.6 cm³/mol. The maximum atomic E-state index is 12.6. The van der Waals surface area contributed by atoms with E-state index in [4.69, 9.17) is 19.9 Å². The fourth-order valence-electron chi connectivity index (χ4n) is 4.10. The molecule has 1 heterocycles. The molecule has 2 aromatic rings. The van der Waals surface area contributed by atoms with E-state index in [1.165, 1.54) is 38.5 Å². The summed E-state index contributed by atoms with van der Waals surface area (Å²) >= 11 is 0. The Labute approximate surface area is 140 Å². The van der Waals surface area contributed by atoms with Crippen LogP contribution in [0, 0.1) is 5.92 Å². The molecular weight excluding hydrogens is 307 g/mol. The van der Waals surface area contributed by atoms with Crippen LogP contribution in [0.3, 0.4) is 0 Å². The van der Waals surface area contributed by atoms with E-state index in [-0.39, 0.29) is 18.6 Å². The number of rotatable bonds is 5. The third-order valence-electron chi connectivity index (χ3n) is 5.75. The van der Waals surface area contributed by atoms with E-state index in [0.29, 0.717) is 17.7 Å². The Hall–Kier alpha value is -1.88. The van der Waals surface area contributed by atoms with Gasteiger partial charge in [-0.25, -0.2) is 9.37 Å². The van der Waals surface area contributed by atoms with Gasteiger partial charge in [0, 0.05) is 23.6 Å². The largest absolute Gasteiger partial charge is 0.489 e. The zero-order chi connectivity index (χ0) is 16.6. The van der Waals surface area contributed by atoms with Crippen molar-refractivity contribution in [2.75, 3.05) is 13.2 Å². The van der Waals surface area contributed by atoms with Gasteiger partial charge in [0.1, 0.15) is 17.9 Å². The van der Waals surface area contributed by atoms with Gasteiger partial charge < -0.3 is 14.9 Å². The molecule has 4 nitrogen and oxygen atoms in total. The number of fused-ring (bicyclic) bond motifs is 4. The summed E-state index contributed by atoms with van der Waals surface area (Å²) in [6.07, 6.45) is 7.96. The molecule has 1 aromatic carbocycles. The van der Waals surface area contributed by atoms with Crippen LogP contribution in [0.4, 0.5) is 4.39 Å². The average Bonchev–Trinajstić information content (AvgIpc) is 3.08. The molecule has 0 spiro atoms. The van der Waals surface area contributed by atoms with E-state index in [1.807, 2.05) is 18.2 Å². The van der Waals surface area contributed by atoms with Crippen LogP contribution in [0.2, 0.25) is 0 Å². The number of aromatic nitrogens is 1. The van der Waals surface area contributed by atoms with Gasteiger partial charge >= 0.3 is 0 Å². The summed E-state index contributed by atoms with van der Waals surface area (Å²) in [5.74, 6) is 2.44. The number of hydrogen-bond acceptors (Lipinski definition) is 4. The van der Waals surface area contributed by atoms with Gasteiger partial charge in [0.2, 0.25) is 5.89 Å². The molecule has 0 amide bonds. The lowest BCUT2D eigenvalue weighted by atomic mass is 9.60. The standard InChI is InChI=1S/C19H23FN2O2/c20-10-14(11-21)12-23-15-1-2-16-17(9-15)24-18(22-16)19-6-3-13(4-7-19)5-8-19/h1-2,9-10,13H,3-8,11-12,21H2/b14-10+. The van der Waals surface area contributed by atoms with Crippen LogP contribution in [0.1, 0.15) is 44.4 Å². The summed E-state index contributed by atoms with van der Waals surface area (Å²) < 4.78 is 24.3. The molecule has 128 valence electrons. The van der Waals surface area contributed by atoms with Crippen LogP contribution in [-0.2, 0) is 5.41 Å². The third kappa shape index (κ3) is 2.71. The van der Waals surface area contributed by atoms with Gasteiger partial charge in [-0.15, -0.1) is 0 Å². The highest BCUT2D eigenvalue weighted by Crippen LogP contribution is 2.51. The van der Waals surface area contributed by atoms with E-state index in [9.17, 15) is 4.39 Å². The van der Waals surface area contributed by atoms with Gasteiger partial charge in [0.05, 0.1) is 6.33 Å². The summed E-state index contributed by atoms with van der Waals surface area (Å²) in [7, 11) is 0. The number of benzene rings is 1. The molecule has 5 rings (SSSR count). The van der Waals surface area contributed by atoms with Crippen molar-refractivity contribution < 1.29 is 13.5 Å². The lowest BCUT2D eigenvalue weighted by Crippen LogP contribution is -2.37. The molecule has 0 unspecified atom stereocenters. The van der Waals surface area contributed by atoms with Crippen LogP contribution >= 0.6 is 0 Å². The van der Waals surface area contributed by atoms with Crippen molar-refractivity contribution in [2.45, 2.75) is 43.9 Å². The van der Waals surface area contributed by atoms with E-state index in [1.54, 1.807) is 0 Å². The van der Waals surface area contributed by atoms with Crippen molar-refractivity contribution in [3.63, 3.8) is 0 Å². The minimum atomic E-state index is 0.137. The second kappa shape index (κ2) is 6.20. The van der Waals surface area contributed by atoms with Crippen molar-refractivity contribution in [1.82, 2.24) is 4.98 Å². The SMILES string of the molecule is NC/C(=C\F)COc1ccc2nc(C34CCC(CC3)CC4)oc2c1. The number of nitrogens with two attached hydrogens (primary N) is 1. The molecular formula is C19H23FN2O2. The number of oxazole rings is 1. The van der Waals surface area contributed by atoms with Crippen molar-refractivity contribution in [1.29, 1.82) is 0 Å². The molecule has 24 heavy (non-hydrogen) atoms. The molecule has 1 aromatic heterocycles. The molecule has 3 aliphatic carbocycles. The van der Waals surface area contributed by atoms with Crippen LogP contribution in [0.5, 0.6) is 5.75 Å². The fourth-order valence-corrected chi connectivity index (χ4v) is 4.10. The number of hydrogen-bond donors (Lipinski definition) is 1. The third-order valence-corrected chi connectivity index (χ3v) is 5.75. The van der Waals surface area contributed by atoms with Gasteiger partial charge in [-0.3, -0.25) is 0 Å². The van der Waals surface area contributed by atoms with Crippen molar-refractivity contribution >= 4 is 11.1 Å². The smallest absolute Gasteiger partial charge is 0.201 e. The van der Waals surface area contributed by atoms with Gasteiger partial charge in [-0.1, -0.05) is 0 Å². The molecule has 3 aliphatic rings. The molecule has 3 fully saturated rings. The van der Waals surface area contributed by atoms with E-state index >= 15 is 0 Å². The summed E-state index contributed by atoms with van der Waals surface area (Å²) in [6, 6.07) is 5.59.